The Bertz CT molecular complexity index is 1030. The molecule has 0 aliphatic carbocycles. The average Bonchev–Trinajstić information content (AvgIpc) is 2.71. The second kappa shape index (κ2) is 8.74. The van der Waals surface area contributed by atoms with Gasteiger partial charge in [-0.05, 0) is 37.3 Å². The van der Waals surface area contributed by atoms with Crippen LogP contribution in [-0.4, -0.2) is 30.2 Å². The van der Waals surface area contributed by atoms with E-state index in [0.29, 0.717) is 15.7 Å². The van der Waals surface area contributed by atoms with Crippen LogP contribution >= 0.6 is 23.2 Å². The first kappa shape index (κ1) is 21.4. The Labute approximate surface area is 189 Å². The van der Waals surface area contributed by atoms with Crippen molar-refractivity contribution < 1.29 is 14.4 Å². The van der Waals surface area contributed by atoms with Crippen molar-refractivity contribution in [3.63, 3.8) is 0 Å². The molecule has 2 aromatic rings. The minimum absolute atomic E-state index is 0.0977. The lowest BCUT2D eigenvalue weighted by Crippen LogP contribution is -2.72. The highest BCUT2D eigenvalue weighted by atomic mass is 35.5. The summed E-state index contributed by atoms with van der Waals surface area (Å²) in [6.07, 6.45) is -1.39. The fourth-order valence-corrected chi connectivity index (χ4v) is 4.08. The molecule has 162 valence electrons. The number of rotatable bonds is 4. The zero-order chi connectivity index (χ0) is 22.1. The van der Waals surface area contributed by atoms with E-state index in [-0.39, 0.29) is 18.2 Å². The molecule has 3 amide bonds. The Hall–Kier alpha value is -2.81. The normalized spacial score (nSPS) is 25.1. The van der Waals surface area contributed by atoms with Gasteiger partial charge >= 0.3 is 0 Å². The molecule has 31 heavy (non-hydrogen) atoms. The van der Waals surface area contributed by atoms with Crippen molar-refractivity contribution in [3.05, 3.63) is 58.1 Å². The first-order valence-corrected chi connectivity index (χ1v) is 10.5. The first-order valence-electron chi connectivity index (χ1n) is 9.75. The topological polar surface area (TPSA) is 111 Å². The van der Waals surface area contributed by atoms with Gasteiger partial charge in [0, 0.05) is 17.8 Å². The van der Waals surface area contributed by atoms with Crippen LogP contribution < -0.4 is 26.6 Å². The first-order chi connectivity index (χ1) is 14.8. The van der Waals surface area contributed by atoms with Crippen molar-refractivity contribution >= 4 is 52.3 Å². The molecule has 4 unspecified atom stereocenters. The van der Waals surface area contributed by atoms with Crippen LogP contribution in [0.3, 0.4) is 0 Å². The number of hydrogen-bond donors (Lipinski definition) is 5. The summed E-state index contributed by atoms with van der Waals surface area (Å²) < 4.78 is 0. The van der Waals surface area contributed by atoms with E-state index in [1.807, 2.05) is 31.2 Å². The van der Waals surface area contributed by atoms with Gasteiger partial charge in [0.25, 0.3) is 0 Å². The van der Waals surface area contributed by atoms with Crippen LogP contribution in [0.4, 0.5) is 11.4 Å². The molecule has 0 radical (unpaired) electrons. The fourth-order valence-electron chi connectivity index (χ4n) is 3.78. The van der Waals surface area contributed by atoms with E-state index in [0.717, 1.165) is 11.3 Å². The Morgan fingerprint density at radius 2 is 1.71 bits per heavy atom. The van der Waals surface area contributed by atoms with E-state index in [1.54, 1.807) is 12.1 Å². The third kappa shape index (κ3) is 4.76. The van der Waals surface area contributed by atoms with Crippen molar-refractivity contribution in [2.45, 2.75) is 25.8 Å². The van der Waals surface area contributed by atoms with Gasteiger partial charge in [-0.1, -0.05) is 40.9 Å². The lowest BCUT2D eigenvalue weighted by Gasteiger charge is -2.43. The molecular formula is C21H21Cl2N5O3. The van der Waals surface area contributed by atoms with Crippen LogP contribution in [-0.2, 0) is 14.4 Å². The lowest BCUT2D eigenvalue weighted by atomic mass is 9.81. The smallest absolute Gasteiger partial charge is 0.229 e. The predicted molar refractivity (Wildman–Crippen MR) is 118 cm³/mol. The number of nitrogens with one attached hydrogen (secondary N) is 5. The summed E-state index contributed by atoms with van der Waals surface area (Å²) in [5, 5.41) is 15.3. The molecular weight excluding hydrogens is 441 g/mol. The van der Waals surface area contributed by atoms with Crippen molar-refractivity contribution in [2.75, 3.05) is 10.6 Å². The van der Waals surface area contributed by atoms with Gasteiger partial charge in [0.15, 0.2) is 6.29 Å². The summed E-state index contributed by atoms with van der Waals surface area (Å²) in [5.74, 6) is -2.70. The van der Waals surface area contributed by atoms with E-state index in [1.165, 1.54) is 6.07 Å². The Balaban J connectivity index is 1.48. The molecule has 4 rings (SSSR count). The van der Waals surface area contributed by atoms with Crippen LogP contribution in [0.5, 0.6) is 0 Å². The van der Waals surface area contributed by atoms with Crippen molar-refractivity contribution in [1.29, 1.82) is 0 Å². The molecule has 0 bridgehead atoms. The highest BCUT2D eigenvalue weighted by Gasteiger charge is 2.48. The molecule has 2 heterocycles. The lowest BCUT2D eigenvalue weighted by molar-refractivity contribution is -0.144. The zero-order valence-electron chi connectivity index (χ0n) is 16.5. The quantitative estimate of drug-likeness (QED) is 0.480. The molecule has 2 fully saturated rings. The molecule has 5 N–H and O–H groups in total. The maximum Gasteiger partial charge on any atom is 0.229 e. The highest BCUT2D eigenvalue weighted by molar-refractivity contribution is 6.42. The summed E-state index contributed by atoms with van der Waals surface area (Å²) >= 11 is 11.9. The number of benzene rings is 2. The molecule has 4 atom stereocenters. The highest BCUT2D eigenvalue weighted by Crippen LogP contribution is 2.30. The van der Waals surface area contributed by atoms with Crippen LogP contribution in [0.1, 0.15) is 12.0 Å². The number of fused-ring (bicyclic) bond motifs is 1. The molecule has 2 aliphatic rings. The number of piperidine rings is 1. The number of hydrogen-bond acceptors (Lipinski definition) is 5. The maximum absolute atomic E-state index is 12.9. The zero-order valence-corrected chi connectivity index (χ0v) is 18.1. The van der Waals surface area contributed by atoms with Crippen molar-refractivity contribution in [2.24, 2.45) is 11.8 Å². The molecule has 2 aromatic carbocycles. The minimum atomic E-state index is -0.846. The maximum atomic E-state index is 12.9. The number of amides is 3. The second-order valence-corrected chi connectivity index (χ2v) is 8.43. The Morgan fingerprint density at radius 3 is 2.42 bits per heavy atom. The largest absolute Gasteiger partial charge is 0.353 e. The van der Waals surface area contributed by atoms with Crippen molar-refractivity contribution in [3.8, 4) is 0 Å². The number of carbonyl (C=O) groups excluding carboxylic acids is 3. The van der Waals surface area contributed by atoms with E-state index >= 15 is 0 Å². The molecule has 0 aromatic heterocycles. The molecule has 2 saturated heterocycles. The molecule has 8 nitrogen and oxygen atoms in total. The second-order valence-electron chi connectivity index (χ2n) is 7.62. The SMILES string of the molecule is Cc1ccc(NC2NC(=O)C3C(NC(=O)CC3C(=O)Nc3ccc(Cl)c(Cl)c3)N2)cc1. The number of carbonyl (C=O) groups is 3. The average molecular weight is 462 g/mol. The Morgan fingerprint density at radius 1 is 1.00 bits per heavy atom. The summed E-state index contributed by atoms with van der Waals surface area (Å²) in [7, 11) is 0. The van der Waals surface area contributed by atoms with E-state index < -0.39 is 30.2 Å². The van der Waals surface area contributed by atoms with Gasteiger partial charge < -0.3 is 21.3 Å². The summed E-state index contributed by atoms with van der Waals surface area (Å²) in [5.41, 5.74) is 2.35. The number of aryl methyl sites for hydroxylation is 1. The number of anilines is 2. The Kier molecular flexibility index (Phi) is 6.04. The van der Waals surface area contributed by atoms with Gasteiger partial charge in [-0.3, -0.25) is 19.7 Å². The molecule has 10 heteroatoms. The van der Waals surface area contributed by atoms with Crippen molar-refractivity contribution in [1.82, 2.24) is 16.0 Å². The monoisotopic (exact) mass is 461 g/mol. The van der Waals surface area contributed by atoms with E-state index in [4.69, 9.17) is 23.2 Å². The third-order valence-electron chi connectivity index (χ3n) is 5.34. The predicted octanol–water partition coefficient (Wildman–Crippen LogP) is 2.43. The van der Waals surface area contributed by atoms with Gasteiger partial charge in [0.05, 0.1) is 28.0 Å². The van der Waals surface area contributed by atoms with Gasteiger partial charge in [0.2, 0.25) is 17.7 Å². The number of halogens is 2. The van der Waals surface area contributed by atoms with Crippen LogP contribution in [0.25, 0.3) is 0 Å². The minimum Gasteiger partial charge on any atom is -0.353 e. The summed E-state index contributed by atoms with van der Waals surface area (Å²) in [4.78, 5) is 38.1. The summed E-state index contributed by atoms with van der Waals surface area (Å²) in [6.45, 7) is 1.98. The molecule has 2 aliphatic heterocycles. The van der Waals surface area contributed by atoms with Gasteiger partial charge in [-0.2, -0.15) is 0 Å². The molecule has 0 spiro atoms. The van der Waals surface area contributed by atoms with Crippen LogP contribution in [0, 0.1) is 18.8 Å². The van der Waals surface area contributed by atoms with E-state index in [9.17, 15) is 14.4 Å². The van der Waals surface area contributed by atoms with Gasteiger partial charge in [0.1, 0.15) is 0 Å². The van der Waals surface area contributed by atoms with Crippen LogP contribution in [0.2, 0.25) is 10.0 Å². The van der Waals surface area contributed by atoms with Crippen LogP contribution in [0.15, 0.2) is 42.5 Å². The third-order valence-corrected chi connectivity index (χ3v) is 6.08. The van der Waals surface area contributed by atoms with Gasteiger partial charge in [-0.25, -0.2) is 0 Å². The molecule has 0 saturated carbocycles. The standard InChI is InChI=1S/C21H21Cl2N5O3/c1-10-2-4-11(5-3-10)25-21-27-18-17(20(31)28-21)13(9-16(29)26-18)19(30)24-12-6-7-14(22)15(23)8-12/h2-8,13,17-18,21,25,27H,9H2,1H3,(H,24,30)(H,26,29)(H,28,31). The summed E-state index contributed by atoms with van der Waals surface area (Å²) in [6, 6.07) is 12.4. The van der Waals surface area contributed by atoms with E-state index in [2.05, 4.69) is 26.6 Å². The van der Waals surface area contributed by atoms with Gasteiger partial charge in [-0.15, -0.1) is 0 Å². The fraction of sp³-hybridized carbons (Fsp3) is 0.286.